The van der Waals surface area contributed by atoms with Crippen LogP contribution in [0.4, 0.5) is 0 Å². The zero-order valence-corrected chi connectivity index (χ0v) is 14.4. The lowest BCUT2D eigenvalue weighted by molar-refractivity contribution is -0.120. The molecule has 1 N–H and O–H groups in total. The molecule has 132 valence electrons. The average molecular weight is 348 g/mol. The molecule has 3 aromatic rings. The molecule has 2 heterocycles. The summed E-state index contributed by atoms with van der Waals surface area (Å²) in [6.45, 7) is 0.477. The molecule has 0 fully saturated rings. The second kappa shape index (κ2) is 7.47. The van der Waals surface area contributed by atoms with Gasteiger partial charge in [0.05, 0.1) is 6.42 Å². The van der Waals surface area contributed by atoms with Gasteiger partial charge in [-0.05, 0) is 48.1 Å². The number of amides is 1. The van der Waals surface area contributed by atoms with Gasteiger partial charge in [-0.2, -0.15) is 4.98 Å². The summed E-state index contributed by atoms with van der Waals surface area (Å²) in [7, 11) is 0. The van der Waals surface area contributed by atoms with E-state index >= 15 is 0 Å². The van der Waals surface area contributed by atoms with Crippen LogP contribution >= 0.6 is 0 Å². The maximum Gasteiger partial charge on any atom is 0.276 e. The van der Waals surface area contributed by atoms with Crippen molar-refractivity contribution in [1.29, 1.82) is 0 Å². The lowest BCUT2D eigenvalue weighted by atomic mass is 10.0. The Balaban J connectivity index is 1.27. The first-order chi connectivity index (χ1) is 12.8. The molecule has 0 aliphatic heterocycles. The molecule has 1 amide bonds. The highest BCUT2D eigenvalue weighted by Crippen LogP contribution is 2.23. The molecular weight excluding hydrogens is 328 g/mol. The van der Waals surface area contributed by atoms with E-state index in [1.165, 1.54) is 17.5 Å². The number of aryl methyl sites for hydroxylation is 2. The average Bonchev–Trinajstić information content (AvgIpc) is 3.31. The topological polar surface area (TPSA) is 80.9 Å². The van der Waals surface area contributed by atoms with E-state index in [1.807, 2.05) is 18.2 Å². The Morgan fingerprint density at radius 3 is 2.96 bits per heavy atom. The summed E-state index contributed by atoms with van der Waals surface area (Å²) >= 11 is 0. The molecule has 6 heteroatoms. The van der Waals surface area contributed by atoms with E-state index in [-0.39, 0.29) is 5.91 Å². The number of pyridine rings is 1. The molecule has 0 atom stereocenters. The van der Waals surface area contributed by atoms with Crippen molar-refractivity contribution >= 4 is 5.91 Å². The molecule has 0 saturated carbocycles. The number of rotatable bonds is 6. The predicted octanol–water partition coefficient (Wildman–Crippen LogP) is 2.52. The fraction of sp³-hybridized carbons (Fsp3) is 0.300. The van der Waals surface area contributed by atoms with Gasteiger partial charge in [0.2, 0.25) is 5.91 Å². The summed E-state index contributed by atoms with van der Waals surface area (Å²) in [5, 5.41) is 6.86. The molecule has 0 radical (unpaired) electrons. The molecule has 2 aromatic heterocycles. The maximum absolute atomic E-state index is 12.1. The van der Waals surface area contributed by atoms with Gasteiger partial charge in [-0.3, -0.25) is 9.78 Å². The first-order valence-corrected chi connectivity index (χ1v) is 8.89. The molecule has 0 spiro atoms. The summed E-state index contributed by atoms with van der Waals surface area (Å²) in [6, 6.07) is 11.9. The monoisotopic (exact) mass is 348 g/mol. The van der Waals surface area contributed by atoms with Crippen LogP contribution in [0.1, 0.15) is 28.9 Å². The van der Waals surface area contributed by atoms with Crippen molar-refractivity contribution < 1.29 is 9.32 Å². The highest BCUT2D eigenvalue weighted by atomic mass is 16.5. The van der Waals surface area contributed by atoms with Crippen LogP contribution in [0.2, 0.25) is 0 Å². The van der Waals surface area contributed by atoms with E-state index in [9.17, 15) is 4.79 Å². The van der Waals surface area contributed by atoms with Gasteiger partial charge in [0, 0.05) is 19.2 Å². The van der Waals surface area contributed by atoms with Crippen molar-refractivity contribution in [3.63, 3.8) is 0 Å². The largest absolute Gasteiger partial charge is 0.355 e. The van der Waals surface area contributed by atoms with Gasteiger partial charge in [-0.15, -0.1) is 0 Å². The minimum Gasteiger partial charge on any atom is -0.355 e. The Kier molecular flexibility index (Phi) is 4.73. The summed E-state index contributed by atoms with van der Waals surface area (Å²) < 4.78 is 5.21. The molecule has 1 aliphatic carbocycles. The van der Waals surface area contributed by atoms with Crippen LogP contribution in [0.3, 0.4) is 0 Å². The van der Waals surface area contributed by atoms with Crippen LogP contribution in [0.25, 0.3) is 11.6 Å². The van der Waals surface area contributed by atoms with Crippen LogP contribution in [-0.4, -0.2) is 27.6 Å². The highest BCUT2D eigenvalue weighted by Gasteiger charge is 2.13. The fourth-order valence-electron chi connectivity index (χ4n) is 3.25. The van der Waals surface area contributed by atoms with Crippen LogP contribution in [-0.2, 0) is 30.5 Å². The fourth-order valence-corrected chi connectivity index (χ4v) is 3.25. The lowest BCUT2D eigenvalue weighted by Gasteiger charge is -2.06. The van der Waals surface area contributed by atoms with Gasteiger partial charge in [0.15, 0.2) is 5.82 Å². The molecule has 1 aliphatic rings. The minimum absolute atomic E-state index is 0.0105. The zero-order valence-electron chi connectivity index (χ0n) is 14.4. The Labute approximate surface area is 151 Å². The van der Waals surface area contributed by atoms with Gasteiger partial charge in [0.25, 0.3) is 5.89 Å². The van der Waals surface area contributed by atoms with Crippen LogP contribution in [0.5, 0.6) is 0 Å². The maximum atomic E-state index is 12.1. The van der Waals surface area contributed by atoms with Gasteiger partial charge in [-0.25, -0.2) is 0 Å². The number of fused-ring (bicyclic) bond motifs is 1. The van der Waals surface area contributed by atoms with Crippen molar-refractivity contribution in [3.8, 4) is 11.6 Å². The van der Waals surface area contributed by atoms with E-state index in [0.717, 1.165) is 18.4 Å². The lowest BCUT2D eigenvalue weighted by Crippen LogP contribution is -2.27. The van der Waals surface area contributed by atoms with Gasteiger partial charge in [-0.1, -0.05) is 29.4 Å². The molecule has 0 saturated heterocycles. The third kappa shape index (κ3) is 3.79. The van der Waals surface area contributed by atoms with Crippen molar-refractivity contribution in [3.05, 3.63) is 65.1 Å². The Bertz CT molecular complexity index is 905. The zero-order chi connectivity index (χ0) is 17.8. The van der Waals surface area contributed by atoms with Crippen molar-refractivity contribution in [1.82, 2.24) is 20.4 Å². The van der Waals surface area contributed by atoms with E-state index in [4.69, 9.17) is 4.52 Å². The normalized spacial score (nSPS) is 12.8. The van der Waals surface area contributed by atoms with Crippen LogP contribution < -0.4 is 5.32 Å². The molecule has 4 rings (SSSR count). The number of benzene rings is 1. The molecule has 26 heavy (non-hydrogen) atoms. The summed E-state index contributed by atoms with van der Waals surface area (Å²) in [5.74, 6) is 0.963. The summed E-state index contributed by atoms with van der Waals surface area (Å²) in [6.07, 6.45) is 6.10. The third-order valence-corrected chi connectivity index (χ3v) is 4.55. The number of aromatic nitrogens is 3. The number of nitrogens with one attached hydrogen (secondary N) is 1. The van der Waals surface area contributed by atoms with Crippen molar-refractivity contribution in [2.45, 2.75) is 32.1 Å². The molecule has 0 unspecified atom stereocenters. The van der Waals surface area contributed by atoms with E-state index in [0.29, 0.717) is 36.8 Å². The number of nitrogens with zero attached hydrogens (tertiary/aromatic N) is 3. The summed E-state index contributed by atoms with van der Waals surface area (Å²) in [5.41, 5.74) is 4.53. The summed E-state index contributed by atoms with van der Waals surface area (Å²) in [4.78, 5) is 20.6. The highest BCUT2D eigenvalue weighted by molar-refractivity contribution is 5.78. The van der Waals surface area contributed by atoms with E-state index in [1.54, 1.807) is 6.20 Å². The Morgan fingerprint density at radius 2 is 2.08 bits per heavy atom. The third-order valence-electron chi connectivity index (χ3n) is 4.55. The Morgan fingerprint density at radius 1 is 1.15 bits per heavy atom. The van der Waals surface area contributed by atoms with Crippen molar-refractivity contribution in [2.24, 2.45) is 0 Å². The first-order valence-electron chi connectivity index (χ1n) is 8.89. The van der Waals surface area contributed by atoms with Gasteiger partial charge >= 0.3 is 0 Å². The van der Waals surface area contributed by atoms with Gasteiger partial charge < -0.3 is 9.84 Å². The first kappa shape index (κ1) is 16.4. The number of hydrogen-bond acceptors (Lipinski definition) is 5. The number of carbonyl (C=O) groups is 1. The SMILES string of the molecule is O=C(Cc1ccc2c(c1)CCC2)NCCc1noc(-c2ccccn2)n1. The van der Waals surface area contributed by atoms with E-state index in [2.05, 4.69) is 38.6 Å². The number of hydrogen-bond donors (Lipinski definition) is 1. The van der Waals surface area contributed by atoms with E-state index < -0.39 is 0 Å². The predicted molar refractivity (Wildman–Crippen MR) is 96.4 cm³/mol. The Hall–Kier alpha value is -3.02. The second-order valence-corrected chi connectivity index (χ2v) is 6.46. The van der Waals surface area contributed by atoms with Crippen molar-refractivity contribution in [2.75, 3.05) is 6.54 Å². The molecule has 0 bridgehead atoms. The smallest absolute Gasteiger partial charge is 0.276 e. The minimum atomic E-state index is 0.0105. The molecular formula is C20H20N4O2. The van der Waals surface area contributed by atoms with Crippen LogP contribution in [0, 0.1) is 0 Å². The quantitative estimate of drug-likeness (QED) is 0.740. The molecule has 1 aromatic carbocycles. The number of carbonyl (C=O) groups excluding carboxylic acids is 1. The van der Waals surface area contributed by atoms with Gasteiger partial charge in [0.1, 0.15) is 5.69 Å². The second-order valence-electron chi connectivity index (χ2n) is 6.46. The standard InChI is InChI=1S/C20H20N4O2/c25-19(13-14-7-8-15-4-3-5-16(15)12-14)22-11-9-18-23-20(26-24-18)17-6-1-2-10-21-17/h1-2,6-8,10,12H,3-5,9,11,13H2,(H,22,25). The molecule has 6 nitrogen and oxygen atoms in total. The van der Waals surface area contributed by atoms with Crippen LogP contribution in [0.15, 0.2) is 47.1 Å².